The molecule has 0 radical (unpaired) electrons. The highest BCUT2D eigenvalue weighted by Gasteiger charge is 2.26. The van der Waals surface area contributed by atoms with Gasteiger partial charge in [0, 0.05) is 5.41 Å². The fourth-order valence-electron chi connectivity index (χ4n) is 1.52. The van der Waals surface area contributed by atoms with E-state index in [9.17, 15) is 0 Å². The molecule has 0 saturated carbocycles. The van der Waals surface area contributed by atoms with E-state index in [2.05, 4.69) is 41.8 Å². The number of rotatable bonds is 2. The Morgan fingerprint density at radius 1 is 1.38 bits per heavy atom. The minimum atomic E-state index is -0.0968. The average Bonchev–Trinajstić information content (AvgIpc) is 2.87. The van der Waals surface area contributed by atoms with Gasteiger partial charge < -0.3 is 5.73 Å². The topological polar surface area (TPSA) is 51.8 Å². The smallest absolute Gasteiger partial charge is 0.0860 e. The van der Waals surface area contributed by atoms with Crippen molar-refractivity contribution in [2.75, 3.05) is 0 Å². The maximum absolute atomic E-state index is 6.24. The predicted molar refractivity (Wildman–Crippen MR) is 69.0 cm³/mol. The van der Waals surface area contributed by atoms with Crippen molar-refractivity contribution in [2.24, 2.45) is 5.73 Å². The molecule has 2 N–H and O–H groups in total. The zero-order chi connectivity index (χ0) is 11.8. The van der Waals surface area contributed by atoms with E-state index in [0.29, 0.717) is 0 Å². The van der Waals surface area contributed by atoms with E-state index in [4.69, 9.17) is 5.73 Å². The fourth-order valence-corrected chi connectivity index (χ4v) is 3.11. The molecule has 16 heavy (non-hydrogen) atoms. The molecule has 2 heterocycles. The van der Waals surface area contributed by atoms with Gasteiger partial charge in [-0.2, -0.15) is 11.3 Å². The second-order valence-electron chi connectivity index (χ2n) is 4.77. The molecule has 0 saturated heterocycles. The molecule has 0 aromatic carbocycles. The maximum Gasteiger partial charge on any atom is 0.0860 e. The van der Waals surface area contributed by atoms with Crippen LogP contribution >= 0.6 is 22.9 Å². The summed E-state index contributed by atoms with van der Waals surface area (Å²) in [5.74, 6) is 0. The SMILES string of the molecule is CC(C)(C)c1nnsc1C(N)c1ccsc1. The van der Waals surface area contributed by atoms with Crippen molar-refractivity contribution >= 4 is 22.9 Å². The van der Waals surface area contributed by atoms with Crippen molar-refractivity contribution in [3.05, 3.63) is 33.0 Å². The Morgan fingerprint density at radius 2 is 2.12 bits per heavy atom. The number of aromatic nitrogens is 2. The summed E-state index contributed by atoms with van der Waals surface area (Å²) in [6, 6.07) is 1.96. The third kappa shape index (κ3) is 2.16. The van der Waals surface area contributed by atoms with Crippen molar-refractivity contribution in [3.8, 4) is 0 Å². The molecule has 1 unspecified atom stereocenters. The summed E-state index contributed by atoms with van der Waals surface area (Å²) in [6.45, 7) is 6.40. The Labute approximate surface area is 103 Å². The Morgan fingerprint density at radius 3 is 2.69 bits per heavy atom. The molecule has 2 aromatic rings. The summed E-state index contributed by atoms with van der Waals surface area (Å²) in [7, 11) is 0. The van der Waals surface area contributed by atoms with Crippen LogP contribution < -0.4 is 5.73 Å². The van der Waals surface area contributed by atoms with Crippen LogP contribution in [0.25, 0.3) is 0 Å². The molecule has 0 aliphatic heterocycles. The van der Waals surface area contributed by atoms with Gasteiger partial charge in [0.15, 0.2) is 0 Å². The van der Waals surface area contributed by atoms with Crippen molar-refractivity contribution < 1.29 is 0 Å². The molecule has 2 rings (SSSR count). The summed E-state index contributed by atoms with van der Waals surface area (Å²) >= 11 is 3.06. The van der Waals surface area contributed by atoms with E-state index in [0.717, 1.165) is 16.1 Å². The van der Waals surface area contributed by atoms with Crippen molar-refractivity contribution in [1.29, 1.82) is 0 Å². The highest BCUT2D eigenvalue weighted by Crippen LogP contribution is 2.32. The lowest BCUT2D eigenvalue weighted by molar-refractivity contribution is 0.557. The van der Waals surface area contributed by atoms with Gasteiger partial charge in [0.2, 0.25) is 0 Å². The first-order chi connectivity index (χ1) is 7.50. The molecule has 0 fully saturated rings. The van der Waals surface area contributed by atoms with E-state index in [-0.39, 0.29) is 11.5 Å². The molecule has 5 heteroatoms. The predicted octanol–water partition coefficient (Wildman–Crippen LogP) is 2.95. The second kappa shape index (κ2) is 4.24. The molecule has 0 aliphatic carbocycles. The second-order valence-corrected chi connectivity index (χ2v) is 6.34. The summed E-state index contributed by atoms with van der Waals surface area (Å²) in [5.41, 5.74) is 8.39. The van der Waals surface area contributed by atoms with Crippen LogP contribution in [0.2, 0.25) is 0 Å². The minimum Gasteiger partial charge on any atom is -0.319 e. The molecule has 1 atom stereocenters. The van der Waals surface area contributed by atoms with Gasteiger partial charge in [-0.1, -0.05) is 25.3 Å². The first-order valence-electron chi connectivity index (χ1n) is 5.10. The highest BCUT2D eigenvalue weighted by atomic mass is 32.1. The Kier molecular flexibility index (Phi) is 3.10. The van der Waals surface area contributed by atoms with Crippen molar-refractivity contribution in [2.45, 2.75) is 32.2 Å². The van der Waals surface area contributed by atoms with Crippen LogP contribution in [0.15, 0.2) is 16.8 Å². The normalized spacial score (nSPS) is 14.0. The van der Waals surface area contributed by atoms with Gasteiger partial charge in [0.25, 0.3) is 0 Å². The molecule has 0 bridgehead atoms. The van der Waals surface area contributed by atoms with Crippen LogP contribution in [0.4, 0.5) is 0 Å². The summed E-state index contributed by atoms with van der Waals surface area (Å²) in [5, 5.41) is 8.33. The number of hydrogen-bond donors (Lipinski definition) is 1. The number of hydrogen-bond acceptors (Lipinski definition) is 5. The molecule has 0 aliphatic rings. The molecule has 3 nitrogen and oxygen atoms in total. The third-order valence-corrected chi connectivity index (χ3v) is 3.92. The van der Waals surface area contributed by atoms with Crippen LogP contribution in [-0.4, -0.2) is 9.59 Å². The van der Waals surface area contributed by atoms with Gasteiger partial charge in [-0.05, 0) is 33.9 Å². The summed E-state index contributed by atoms with van der Waals surface area (Å²) < 4.78 is 4.03. The molecular formula is C11H15N3S2. The lowest BCUT2D eigenvalue weighted by atomic mass is 9.89. The third-order valence-electron chi connectivity index (χ3n) is 2.41. The van der Waals surface area contributed by atoms with Crippen LogP contribution in [0, 0.1) is 0 Å². The maximum atomic E-state index is 6.24. The largest absolute Gasteiger partial charge is 0.319 e. The summed E-state index contributed by atoms with van der Waals surface area (Å²) in [6.07, 6.45) is 0. The molecule has 2 aromatic heterocycles. The minimum absolute atomic E-state index is 0.00399. The Hall–Kier alpha value is -0.780. The van der Waals surface area contributed by atoms with Gasteiger partial charge in [-0.25, -0.2) is 0 Å². The van der Waals surface area contributed by atoms with Crippen LogP contribution in [0.3, 0.4) is 0 Å². The lowest BCUT2D eigenvalue weighted by Crippen LogP contribution is -2.19. The van der Waals surface area contributed by atoms with Crippen LogP contribution in [0.1, 0.15) is 42.9 Å². The standard InChI is InChI=1S/C11H15N3S2/c1-11(2,3)10-9(16-14-13-10)8(12)7-4-5-15-6-7/h4-6,8H,12H2,1-3H3. The molecule has 0 amide bonds. The first-order valence-corrected chi connectivity index (χ1v) is 6.82. The fraction of sp³-hybridized carbons (Fsp3) is 0.455. The van der Waals surface area contributed by atoms with Gasteiger partial charge >= 0.3 is 0 Å². The zero-order valence-electron chi connectivity index (χ0n) is 9.60. The van der Waals surface area contributed by atoms with Gasteiger partial charge in [0.1, 0.15) is 0 Å². The van der Waals surface area contributed by atoms with E-state index in [1.165, 1.54) is 11.5 Å². The van der Waals surface area contributed by atoms with Gasteiger partial charge in [-0.3, -0.25) is 0 Å². The van der Waals surface area contributed by atoms with E-state index in [1.54, 1.807) is 11.3 Å². The number of nitrogens with zero attached hydrogens (tertiary/aromatic N) is 2. The van der Waals surface area contributed by atoms with Crippen molar-refractivity contribution in [3.63, 3.8) is 0 Å². The van der Waals surface area contributed by atoms with E-state index >= 15 is 0 Å². The highest BCUT2D eigenvalue weighted by molar-refractivity contribution is 7.08. The number of nitrogens with two attached hydrogens (primary N) is 1. The molecule has 0 spiro atoms. The average molecular weight is 253 g/mol. The monoisotopic (exact) mass is 253 g/mol. The Bertz CT molecular complexity index is 454. The molecule has 86 valence electrons. The van der Waals surface area contributed by atoms with Gasteiger partial charge in [-0.15, -0.1) is 5.10 Å². The number of thiophene rings is 1. The lowest BCUT2D eigenvalue weighted by Gasteiger charge is -2.19. The first kappa shape index (κ1) is 11.7. The zero-order valence-corrected chi connectivity index (χ0v) is 11.2. The Balaban J connectivity index is 2.38. The van der Waals surface area contributed by atoms with E-state index in [1.807, 2.05) is 5.38 Å². The molecular weight excluding hydrogens is 238 g/mol. The quantitative estimate of drug-likeness (QED) is 0.895. The summed E-state index contributed by atoms with van der Waals surface area (Å²) in [4.78, 5) is 1.07. The van der Waals surface area contributed by atoms with Gasteiger partial charge in [0.05, 0.1) is 16.6 Å². The van der Waals surface area contributed by atoms with Crippen molar-refractivity contribution in [1.82, 2.24) is 9.59 Å². The van der Waals surface area contributed by atoms with E-state index < -0.39 is 0 Å². The van der Waals surface area contributed by atoms with Crippen LogP contribution in [0.5, 0.6) is 0 Å². The van der Waals surface area contributed by atoms with Crippen LogP contribution in [-0.2, 0) is 5.41 Å².